The van der Waals surface area contributed by atoms with Crippen LogP contribution in [-0.2, 0) is 4.79 Å². The molecule has 0 aliphatic carbocycles. The minimum Gasteiger partial charge on any atom is -0.379 e. The maximum absolute atomic E-state index is 10.2. The third kappa shape index (κ3) is 1.03. The highest BCUT2D eigenvalue weighted by Gasteiger charge is 2.09. The third-order valence-electron chi connectivity index (χ3n) is 1.59. The highest BCUT2D eigenvalue weighted by molar-refractivity contribution is 7.16. The SMILES string of the molecule is O=CC(O)c1cc2scnc2[nH]1. The lowest BCUT2D eigenvalue weighted by Crippen LogP contribution is -1.97. The second-order valence-electron chi connectivity index (χ2n) is 2.37. The molecule has 0 bridgehead atoms. The van der Waals surface area contributed by atoms with Gasteiger partial charge in [-0.2, -0.15) is 0 Å². The quantitative estimate of drug-likeness (QED) is 0.677. The number of thiazole rings is 1. The predicted octanol–water partition coefficient (Wildman–Crippen LogP) is 0.857. The summed E-state index contributed by atoms with van der Waals surface area (Å²) in [6.07, 6.45) is -0.582. The van der Waals surface area contributed by atoms with Gasteiger partial charge >= 0.3 is 0 Å². The van der Waals surface area contributed by atoms with Crippen LogP contribution in [0.4, 0.5) is 0 Å². The van der Waals surface area contributed by atoms with Crippen LogP contribution in [0.3, 0.4) is 0 Å². The second-order valence-corrected chi connectivity index (χ2v) is 3.26. The van der Waals surface area contributed by atoms with Crippen LogP contribution in [0.25, 0.3) is 10.3 Å². The zero-order valence-corrected chi connectivity index (χ0v) is 6.84. The van der Waals surface area contributed by atoms with E-state index in [9.17, 15) is 4.79 Å². The Morgan fingerprint density at radius 1 is 1.75 bits per heavy atom. The predicted molar refractivity (Wildman–Crippen MR) is 45.0 cm³/mol. The van der Waals surface area contributed by atoms with Crippen molar-refractivity contribution >= 4 is 28.0 Å². The molecule has 0 radical (unpaired) electrons. The molecule has 2 N–H and O–H groups in total. The van der Waals surface area contributed by atoms with E-state index in [1.165, 1.54) is 11.3 Å². The Balaban J connectivity index is 2.50. The number of nitrogens with one attached hydrogen (secondary N) is 1. The molecule has 0 fully saturated rings. The smallest absolute Gasteiger partial charge is 0.154 e. The molecule has 2 rings (SSSR count). The Morgan fingerprint density at radius 3 is 3.25 bits per heavy atom. The first-order valence-electron chi connectivity index (χ1n) is 3.36. The van der Waals surface area contributed by atoms with Crippen LogP contribution in [-0.4, -0.2) is 21.4 Å². The van der Waals surface area contributed by atoms with E-state index >= 15 is 0 Å². The molecule has 62 valence electrons. The lowest BCUT2D eigenvalue weighted by molar-refractivity contribution is -0.115. The average Bonchev–Trinajstić information content (AvgIpc) is 2.60. The molecule has 2 aromatic rings. The van der Waals surface area contributed by atoms with E-state index < -0.39 is 6.10 Å². The number of rotatable bonds is 2. The fourth-order valence-electron chi connectivity index (χ4n) is 0.998. The Labute approximate surface area is 71.9 Å². The molecular formula is C7H6N2O2S. The van der Waals surface area contributed by atoms with Crippen LogP contribution < -0.4 is 0 Å². The molecule has 4 nitrogen and oxygen atoms in total. The Hall–Kier alpha value is -1.20. The van der Waals surface area contributed by atoms with Gasteiger partial charge in [-0.1, -0.05) is 0 Å². The second kappa shape index (κ2) is 2.69. The molecule has 0 spiro atoms. The fraction of sp³-hybridized carbons (Fsp3) is 0.143. The van der Waals surface area contributed by atoms with Gasteiger partial charge in [0.15, 0.2) is 6.29 Å². The molecule has 0 amide bonds. The molecule has 2 heterocycles. The van der Waals surface area contributed by atoms with Gasteiger partial charge in [-0.05, 0) is 6.07 Å². The minimum absolute atomic E-state index is 0.482. The number of fused-ring (bicyclic) bond motifs is 1. The molecule has 0 saturated carbocycles. The lowest BCUT2D eigenvalue weighted by atomic mass is 10.3. The number of aromatic nitrogens is 2. The number of nitrogens with zero attached hydrogens (tertiary/aromatic N) is 1. The number of hydrogen-bond donors (Lipinski definition) is 2. The average molecular weight is 182 g/mol. The summed E-state index contributed by atoms with van der Waals surface area (Å²) >= 11 is 1.47. The van der Waals surface area contributed by atoms with Crippen molar-refractivity contribution in [3.05, 3.63) is 17.3 Å². The molecule has 2 aromatic heterocycles. The van der Waals surface area contributed by atoms with E-state index in [2.05, 4.69) is 9.97 Å². The number of aldehydes is 1. The standard InChI is InChI=1S/C7H6N2O2S/c10-2-5(11)4-1-6-7(9-4)8-3-12-6/h1-3,5,9,11H. The van der Waals surface area contributed by atoms with E-state index in [0.29, 0.717) is 12.0 Å². The van der Waals surface area contributed by atoms with Gasteiger partial charge < -0.3 is 14.9 Å². The summed E-state index contributed by atoms with van der Waals surface area (Å²) < 4.78 is 0.950. The summed E-state index contributed by atoms with van der Waals surface area (Å²) in [4.78, 5) is 17.1. The van der Waals surface area contributed by atoms with Crippen LogP contribution in [0.15, 0.2) is 11.6 Å². The summed E-state index contributed by atoms with van der Waals surface area (Å²) in [7, 11) is 0. The van der Waals surface area contributed by atoms with Crippen molar-refractivity contribution in [2.45, 2.75) is 6.10 Å². The van der Waals surface area contributed by atoms with E-state index in [-0.39, 0.29) is 0 Å². The van der Waals surface area contributed by atoms with Crippen LogP contribution >= 0.6 is 11.3 Å². The largest absolute Gasteiger partial charge is 0.379 e. The molecule has 0 aliphatic heterocycles. The first-order valence-corrected chi connectivity index (χ1v) is 4.24. The molecule has 0 aliphatic rings. The Bertz CT molecular complexity index is 378. The fourth-order valence-corrected chi connectivity index (χ4v) is 1.68. The van der Waals surface area contributed by atoms with E-state index in [1.807, 2.05) is 0 Å². The van der Waals surface area contributed by atoms with Crippen LogP contribution in [0.1, 0.15) is 11.8 Å². The summed E-state index contributed by atoms with van der Waals surface area (Å²) in [5.41, 5.74) is 2.92. The van der Waals surface area contributed by atoms with Crippen LogP contribution in [0.5, 0.6) is 0 Å². The zero-order valence-electron chi connectivity index (χ0n) is 6.02. The Morgan fingerprint density at radius 2 is 2.58 bits per heavy atom. The van der Waals surface area contributed by atoms with Crippen molar-refractivity contribution in [1.29, 1.82) is 0 Å². The van der Waals surface area contributed by atoms with Crippen molar-refractivity contribution < 1.29 is 9.90 Å². The zero-order chi connectivity index (χ0) is 8.55. The first-order chi connectivity index (χ1) is 5.81. The number of carbonyl (C=O) groups is 1. The minimum atomic E-state index is -1.06. The summed E-state index contributed by atoms with van der Waals surface area (Å²) in [6, 6.07) is 1.73. The molecule has 0 saturated heterocycles. The van der Waals surface area contributed by atoms with E-state index in [0.717, 1.165) is 10.3 Å². The topological polar surface area (TPSA) is 66.0 Å². The molecule has 12 heavy (non-hydrogen) atoms. The van der Waals surface area contributed by atoms with E-state index in [1.54, 1.807) is 11.6 Å². The number of aliphatic hydroxyl groups is 1. The normalized spacial score (nSPS) is 13.4. The lowest BCUT2D eigenvalue weighted by Gasteiger charge is -1.95. The highest BCUT2D eigenvalue weighted by atomic mass is 32.1. The molecule has 1 unspecified atom stereocenters. The van der Waals surface area contributed by atoms with Gasteiger partial charge in [0, 0.05) is 0 Å². The van der Waals surface area contributed by atoms with Gasteiger partial charge in [0.1, 0.15) is 11.8 Å². The molecule has 5 heteroatoms. The van der Waals surface area contributed by atoms with Crippen molar-refractivity contribution in [2.24, 2.45) is 0 Å². The summed E-state index contributed by atoms with van der Waals surface area (Å²) in [5.74, 6) is 0. The monoisotopic (exact) mass is 182 g/mol. The molecular weight excluding hydrogens is 176 g/mol. The van der Waals surface area contributed by atoms with Gasteiger partial charge in [0.05, 0.1) is 15.9 Å². The van der Waals surface area contributed by atoms with Crippen LogP contribution in [0.2, 0.25) is 0 Å². The maximum Gasteiger partial charge on any atom is 0.154 e. The molecule has 1 atom stereocenters. The van der Waals surface area contributed by atoms with Crippen molar-refractivity contribution in [3.63, 3.8) is 0 Å². The number of H-pyrrole nitrogens is 1. The summed E-state index contributed by atoms with van der Waals surface area (Å²) in [6.45, 7) is 0. The van der Waals surface area contributed by atoms with Crippen molar-refractivity contribution in [2.75, 3.05) is 0 Å². The van der Waals surface area contributed by atoms with Crippen molar-refractivity contribution in [1.82, 2.24) is 9.97 Å². The number of aliphatic hydroxyl groups excluding tert-OH is 1. The number of carbonyl (C=O) groups excluding carboxylic acids is 1. The van der Waals surface area contributed by atoms with E-state index in [4.69, 9.17) is 5.11 Å². The van der Waals surface area contributed by atoms with Gasteiger partial charge in [-0.3, -0.25) is 0 Å². The van der Waals surface area contributed by atoms with Gasteiger partial charge in [0.25, 0.3) is 0 Å². The number of hydrogen-bond acceptors (Lipinski definition) is 4. The van der Waals surface area contributed by atoms with Crippen molar-refractivity contribution in [3.8, 4) is 0 Å². The highest BCUT2D eigenvalue weighted by Crippen LogP contribution is 2.21. The van der Waals surface area contributed by atoms with Gasteiger partial charge in [-0.25, -0.2) is 4.98 Å². The van der Waals surface area contributed by atoms with Crippen LogP contribution in [0, 0.1) is 0 Å². The Kier molecular flexibility index (Phi) is 1.67. The number of aromatic amines is 1. The third-order valence-corrected chi connectivity index (χ3v) is 2.37. The maximum atomic E-state index is 10.2. The first kappa shape index (κ1) is 7.45. The van der Waals surface area contributed by atoms with Gasteiger partial charge in [-0.15, -0.1) is 11.3 Å². The molecule has 0 aromatic carbocycles. The summed E-state index contributed by atoms with van der Waals surface area (Å²) in [5, 5.41) is 9.13. The van der Waals surface area contributed by atoms with Gasteiger partial charge in [0.2, 0.25) is 0 Å².